The van der Waals surface area contributed by atoms with Crippen LogP contribution in [0.4, 0.5) is 8.78 Å². The second kappa shape index (κ2) is 11.2. The lowest BCUT2D eigenvalue weighted by molar-refractivity contribution is -0.0366. The molecule has 0 amide bonds. The number of carboxylic acids is 1. The van der Waals surface area contributed by atoms with Gasteiger partial charge in [0.25, 0.3) is 5.56 Å². The predicted molar refractivity (Wildman–Crippen MR) is 165 cm³/mol. The van der Waals surface area contributed by atoms with E-state index in [1.54, 1.807) is 36.7 Å². The summed E-state index contributed by atoms with van der Waals surface area (Å²) < 4.78 is 38.4. The van der Waals surface area contributed by atoms with Crippen molar-refractivity contribution in [2.45, 2.75) is 57.6 Å². The van der Waals surface area contributed by atoms with Gasteiger partial charge in [-0.15, -0.1) is 0 Å². The molecule has 1 unspecified atom stereocenters. The number of aryl methyl sites for hydroxylation is 2. The summed E-state index contributed by atoms with van der Waals surface area (Å²) in [6.07, 6.45) is 5.82. The number of fused-ring (bicyclic) bond motifs is 1. The summed E-state index contributed by atoms with van der Waals surface area (Å²) in [6.45, 7) is 4.13. The molecular weight excluding hydrogens is 602 g/mol. The molecule has 5 aromatic rings. The third-order valence-corrected chi connectivity index (χ3v) is 9.30. The third-order valence-electron chi connectivity index (χ3n) is 8.92. The maximum atomic E-state index is 16.0. The minimum atomic E-state index is -1.43. The predicted octanol–water partition coefficient (Wildman–Crippen LogP) is 7.47. The van der Waals surface area contributed by atoms with E-state index >= 15 is 4.39 Å². The Morgan fingerprint density at radius 3 is 2.56 bits per heavy atom. The number of pyridine rings is 2. The number of carboxylic acid groups (broad SMARTS) is 1. The summed E-state index contributed by atoms with van der Waals surface area (Å²) in [5.74, 6) is -2.50. The van der Waals surface area contributed by atoms with E-state index in [9.17, 15) is 19.1 Å². The number of nitrogens with zero attached hydrogens (tertiary/aromatic N) is 4. The Morgan fingerprint density at radius 1 is 1.07 bits per heavy atom. The van der Waals surface area contributed by atoms with Crippen LogP contribution < -0.4 is 5.56 Å². The first kappa shape index (κ1) is 29.3. The van der Waals surface area contributed by atoms with Gasteiger partial charge >= 0.3 is 5.97 Å². The Bertz CT molecular complexity index is 2050. The van der Waals surface area contributed by atoms with Crippen molar-refractivity contribution < 1.29 is 23.4 Å². The van der Waals surface area contributed by atoms with Crippen LogP contribution in [0.3, 0.4) is 0 Å². The summed E-state index contributed by atoms with van der Waals surface area (Å²) in [4.78, 5) is 30.5. The third kappa shape index (κ3) is 5.02. The van der Waals surface area contributed by atoms with Crippen molar-refractivity contribution in [2.24, 2.45) is 0 Å². The van der Waals surface area contributed by atoms with Gasteiger partial charge in [0, 0.05) is 29.4 Å². The lowest BCUT2D eigenvalue weighted by atomic mass is 10.0. The van der Waals surface area contributed by atoms with Crippen LogP contribution in [0.1, 0.15) is 76.5 Å². The fourth-order valence-corrected chi connectivity index (χ4v) is 6.80. The number of ether oxygens (including phenoxy) is 1. The molecule has 1 N–H and O–H groups in total. The van der Waals surface area contributed by atoms with Gasteiger partial charge in [-0.1, -0.05) is 23.7 Å². The molecule has 7 rings (SSSR count). The number of hydrogen-bond donors (Lipinski definition) is 1. The summed E-state index contributed by atoms with van der Waals surface area (Å²) in [5, 5.41) is 14.6. The highest BCUT2D eigenvalue weighted by Gasteiger charge is 2.41. The zero-order valence-corrected chi connectivity index (χ0v) is 25.3. The second-order valence-corrected chi connectivity index (χ2v) is 12.2. The number of carbonyl (C=O) groups is 1. The summed E-state index contributed by atoms with van der Waals surface area (Å²) in [6, 6.07) is 11.4. The first-order valence-electron chi connectivity index (χ1n) is 14.8. The summed E-state index contributed by atoms with van der Waals surface area (Å²) >= 11 is 6.71. The number of rotatable bonds is 6. The molecule has 0 spiro atoms. The van der Waals surface area contributed by atoms with Gasteiger partial charge in [0.15, 0.2) is 6.23 Å². The molecule has 1 aliphatic carbocycles. The van der Waals surface area contributed by atoms with Gasteiger partial charge < -0.3 is 9.84 Å². The molecular formula is C34H29ClF2N4O4. The Labute approximate surface area is 261 Å². The van der Waals surface area contributed by atoms with Gasteiger partial charge in [-0.25, -0.2) is 18.3 Å². The van der Waals surface area contributed by atoms with Gasteiger partial charge in [-0.05, 0) is 98.4 Å². The number of halogens is 3. The number of hydrogen-bond acceptors (Lipinski definition) is 5. The van der Waals surface area contributed by atoms with Gasteiger partial charge in [-0.3, -0.25) is 14.3 Å². The van der Waals surface area contributed by atoms with E-state index in [-0.39, 0.29) is 39.3 Å². The van der Waals surface area contributed by atoms with Gasteiger partial charge in [0.1, 0.15) is 22.2 Å². The topological polar surface area (TPSA) is 99.2 Å². The van der Waals surface area contributed by atoms with Crippen LogP contribution in [0.25, 0.3) is 27.8 Å². The molecule has 1 saturated heterocycles. The maximum Gasteiger partial charge on any atom is 0.339 e. The molecule has 0 radical (unpaired) electrons. The lowest BCUT2D eigenvalue weighted by Gasteiger charge is -2.23. The van der Waals surface area contributed by atoms with E-state index in [4.69, 9.17) is 16.3 Å². The van der Waals surface area contributed by atoms with Crippen LogP contribution in [0.2, 0.25) is 5.02 Å². The number of benzene rings is 2. The van der Waals surface area contributed by atoms with Crippen LogP contribution in [0.5, 0.6) is 0 Å². The van der Waals surface area contributed by atoms with E-state index in [0.29, 0.717) is 35.5 Å². The molecule has 0 bridgehead atoms. The zero-order chi connectivity index (χ0) is 31.6. The lowest BCUT2D eigenvalue weighted by Crippen LogP contribution is -2.23. The van der Waals surface area contributed by atoms with E-state index in [1.165, 1.54) is 35.2 Å². The molecule has 1 aliphatic heterocycles. The molecule has 2 aromatic carbocycles. The van der Waals surface area contributed by atoms with Crippen LogP contribution in [-0.2, 0) is 4.74 Å². The fourth-order valence-electron chi connectivity index (χ4n) is 6.53. The molecule has 230 valence electrons. The molecule has 45 heavy (non-hydrogen) atoms. The normalized spacial score (nSPS) is 19.6. The number of aromatic nitrogens is 4. The van der Waals surface area contributed by atoms with Crippen molar-refractivity contribution in [3.63, 3.8) is 0 Å². The monoisotopic (exact) mass is 630 g/mol. The molecule has 2 aliphatic rings. The zero-order valence-electron chi connectivity index (χ0n) is 24.6. The Balaban J connectivity index is 1.32. The first-order chi connectivity index (χ1) is 21.6. The second-order valence-electron chi connectivity index (χ2n) is 11.8. The van der Waals surface area contributed by atoms with Crippen molar-refractivity contribution in [1.29, 1.82) is 0 Å². The Hall–Kier alpha value is -4.41. The smallest absolute Gasteiger partial charge is 0.339 e. The van der Waals surface area contributed by atoms with E-state index < -0.39 is 29.1 Å². The molecule has 11 heteroatoms. The highest BCUT2D eigenvalue weighted by Crippen LogP contribution is 2.55. The molecule has 3 aromatic heterocycles. The van der Waals surface area contributed by atoms with E-state index in [2.05, 4.69) is 10.1 Å². The van der Waals surface area contributed by atoms with Gasteiger partial charge in [0.2, 0.25) is 0 Å². The fraction of sp³-hybridized carbons (Fsp3) is 0.294. The largest absolute Gasteiger partial charge is 0.478 e. The minimum absolute atomic E-state index is 0.0337. The summed E-state index contributed by atoms with van der Waals surface area (Å²) in [7, 11) is 0. The van der Waals surface area contributed by atoms with Crippen molar-refractivity contribution in [3.8, 4) is 16.9 Å². The van der Waals surface area contributed by atoms with Crippen LogP contribution in [-0.4, -0.2) is 37.0 Å². The average Bonchev–Trinajstić information content (AvgIpc) is 3.71. The van der Waals surface area contributed by atoms with E-state index in [1.807, 2.05) is 6.07 Å². The van der Waals surface area contributed by atoms with Crippen molar-refractivity contribution in [3.05, 3.63) is 110 Å². The van der Waals surface area contributed by atoms with E-state index in [0.717, 1.165) is 30.4 Å². The molecule has 1 saturated carbocycles. The van der Waals surface area contributed by atoms with Crippen LogP contribution in [0, 0.1) is 25.5 Å². The Morgan fingerprint density at radius 2 is 1.84 bits per heavy atom. The minimum Gasteiger partial charge on any atom is -0.478 e. The SMILES string of the molecule is Cc1cnc(-c2cc3c(cnn3C3CCCCO3)c(C(=O)O)c2F)cc1-n1c(C)cc([C@H]2C[C@@H]2c2ccc(F)cc2)c(Cl)c1=O. The van der Waals surface area contributed by atoms with Gasteiger partial charge in [-0.2, -0.15) is 5.10 Å². The van der Waals surface area contributed by atoms with Crippen LogP contribution >= 0.6 is 11.6 Å². The van der Waals surface area contributed by atoms with Crippen molar-refractivity contribution >= 4 is 28.5 Å². The Kier molecular flexibility index (Phi) is 7.29. The highest BCUT2D eigenvalue weighted by atomic mass is 35.5. The first-order valence-corrected chi connectivity index (χ1v) is 15.2. The van der Waals surface area contributed by atoms with Crippen LogP contribution in [0.15, 0.2) is 59.7 Å². The standard InChI is InChI=1S/C34H29ClF2N4O4/c1-17-15-38-26(24-13-28-25(30(32(24)37)34(43)44)16-39-41(28)29-5-3-4-10-45-29)14-27(17)40-18(2)11-23(31(35)33(40)42)22-12-21(22)19-6-8-20(36)9-7-19/h6-9,11,13-16,21-22,29H,3-5,10,12H2,1-2H3,(H,43,44)/t21-,22+,29?/m1/s1. The van der Waals surface area contributed by atoms with Crippen molar-refractivity contribution in [2.75, 3.05) is 6.61 Å². The number of aromatic carboxylic acids is 1. The molecule has 8 nitrogen and oxygen atoms in total. The average molecular weight is 631 g/mol. The quantitative estimate of drug-likeness (QED) is 0.209. The highest BCUT2D eigenvalue weighted by molar-refractivity contribution is 6.31. The molecule has 2 fully saturated rings. The van der Waals surface area contributed by atoms with Gasteiger partial charge in [0.05, 0.1) is 23.1 Å². The molecule has 4 heterocycles. The summed E-state index contributed by atoms with van der Waals surface area (Å²) in [5.41, 5.74) is 3.04. The molecule has 3 atom stereocenters. The maximum absolute atomic E-state index is 16.0. The van der Waals surface area contributed by atoms with Crippen molar-refractivity contribution in [1.82, 2.24) is 19.3 Å².